The summed E-state index contributed by atoms with van der Waals surface area (Å²) in [5.41, 5.74) is 11.1. The maximum atomic E-state index is 13.4. The molecule has 3 rings (SSSR count). The van der Waals surface area contributed by atoms with E-state index in [2.05, 4.69) is 9.69 Å². The van der Waals surface area contributed by atoms with Crippen molar-refractivity contribution in [2.75, 3.05) is 10.6 Å². The number of anilines is 2. The van der Waals surface area contributed by atoms with Crippen LogP contribution in [0.4, 0.5) is 15.8 Å². The minimum absolute atomic E-state index is 0.00885. The van der Waals surface area contributed by atoms with E-state index in [0.717, 1.165) is 43.6 Å². The number of hydrogen-bond acceptors (Lipinski definition) is 6. The number of aromatic nitrogens is 1. The number of rotatable bonds is 6. The zero-order valence-corrected chi connectivity index (χ0v) is 17.4. The lowest BCUT2D eigenvalue weighted by Crippen LogP contribution is -2.51. The van der Waals surface area contributed by atoms with Crippen LogP contribution in [-0.4, -0.2) is 34.2 Å². The van der Waals surface area contributed by atoms with Crippen LogP contribution in [0.15, 0.2) is 24.3 Å². The number of nitrogens with two attached hydrogens (primary N) is 2. The first-order valence-corrected chi connectivity index (χ1v) is 10.5. The van der Waals surface area contributed by atoms with Crippen LogP contribution in [0.25, 0.3) is 0 Å². The van der Waals surface area contributed by atoms with E-state index in [-0.39, 0.29) is 28.2 Å². The molecule has 1 atom stereocenters. The number of amides is 3. The van der Waals surface area contributed by atoms with Crippen molar-refractivity contribution in [1.82, 2.24) is 9.69 Å². The van der Waals surface area contributed by atoms with Gasteiger partial charge < -0.3 is 16.8 Å². The second-order valence-electron chi connectivity index (χ2n) is 7.31. The van der Waals surface area contributed by atoms with Crippen molar-refractivity contribution in [3.63, 3.8) is 0 Å². The van der Waals surface area contributed by atoms with Gasteiger partial charge in [0, 0.05) is 11.7 Å². The molecule has 0 aliphatic heterocycles. The third kappa shape index (κ3) is 4.59. The van der Waals surface area contributed by atoms with Crippen molar-refractivity contribution in [2.24, 2.45) is 5.73 Å². The summed E-state index contributed by atoms with van der Waals surface area (Å²) in [6, 6.07) is 4.38. The molecule has 1 aromatic carbocycles. The fourth-order valence-corrected chi connectivity index (χ4v) is 4.29. The van der Waals surface area contributed by atoms with Crippen LogP contribution in [0.1, 0.15) is 59.2 Å². The van der Waals surface area contributed by atoms with Crippen molar-refractivity contribution in [1.29, 1.82) is 0 Å². The molecule has 0 saturated heterocycles. The van der Waals surface area contributed by atoms with Gasteiger partial charge in [-0.15, -0.1) is 0 Å². The van der Waals surface area contributed by atoms with E-state index in [1.807, 2.05) is 0 Å². The maximum Gasteiger partial charge on any atom is 0.272 e. The van der Waals surface area contributed by atoms with Crippen LogP contribution in [-0.2, 0) is 4.79 Å². The lowest BCUT2D eigenvalue weighted by molar-refractivity contribution is -0.122. The summed E-state index contributed by atoms with van der Waals surface area (Å²) in [6.07, 6.45) is 5.04. The van der Waals surface area contributed by atoms with Gasteiger partial charge in [0.1, 0.15) is 16.7 Å². The summed E-state index contributed by atoms with van der Waals surface area (Å²) in [6.45, 7) is 1.59. The standard InChI is InChI=1S/C20H24FN5O3S/c1-11(19(28)24-13-5-3-2-4-6-13)26(14-9-7-12(21)8-10-14)20(29)17-15(22)16(18(23)27)25-30-17/h7-11,13H,2-6,22H2,1H3,(H2,23,27)(H,24,28). The minimum Gasteiger partial charge on any atom is -0.395 e. The monoisotopic (exact) mass is 433 g/mol. The van der Waals surface area contributed by atoms with Gasteiger partial charge in [-0.25, -0.2) is 4.39 Å². The molecular weight excluding hydrogens is 409 g/mol. The Morgan fingerprint density at radius 1 is 1.20 bits per heavy atom. The van der Waals surface area contributed by atoms with Gasteiger partial charge in [-0.3, -0.25) is 19.3 Å². The molecule has 3 amide bonds. The summed E-state index contributed by atoms with van der Waals surface area (Å²) >= 11 is 0.731. The minimum atomic E-state index is -0.900. The Bertz CT molecular complexity index is 940. The third-order valence-corrected chi connectivity index (χ3v) is 6.05. The van der Waals surface area contributed by atoms with Gasteiger partial charge >= 0.3 is 0 Å². The number of nitrogens with one attached hydrogen (secondary N) is 1. The first-order chi connectivity index (χ1) is 14.3. The first kappa shape index (κ1) is 21.7. The average molecular weight is 434 g/mol. The molecule has 5 N–H and O–H groups in total. The number of benzene rings is 1. The predicted molar refractivity (Wildman–Crippen MR) is 113 cm³/mol. The van der Waals surface area contributed by atoms with Gasteiger partial charge in [-0.05, 0) is 55.6 Å². The predicted octanol–water partition coefficient (Wildman–Crippen LogP) is 2.45. The molecule has 1 aliphatic rings. The van der Waals surface area contributed by atoms with Gasteiger partial charge in [-0.1, -0.05) is 19.3 Å². The Kier molecular flexibility index (Phi) is 6.66. The van der Waals surface area contributed by atoms with E-state index < -0.39 is 23.7 Å². The molecule has 0 radical (unpaired) electrons. The van der Waals surface area contributed by atoms with Crippen LogP contribution in [0, 0.1) is 5.82 Å². The van der Waals surface area contributed by atoms with Crippen LogP contribution in [0.5, 0.6) is 0 Å². The Balaban J connectivity index is 1.92. The molecule has 1 aliphatic carbocycles. The van der Waals surface area contributed by atoms with Gasteiger partial charge in [0.25, 0.3) is 11.8 Å². The van der Waals surface area contributed by atoms with E-state index in [9.17, 15) is 18.8 Å². The molecule has 10 heteroatoms. The average Bonchev–Trinajstić information content (AvgIpc) is 3.11. The van der Waals surface area contributed by atoms with Crippen molar-refractivity contribution in [3.8, 4) is 0 Å². The topological polar surface area (TPSA) is 131 Å². The number of primary amides is 1. The highest BCUT2D eigenvalue weighted by molar-refractivity contribution is 7.09. The number of carbonyl (C=O) groups excluding carboxylic acids is 3. The molecule has 1 aromatic heterocycles. The van der Waals surface area contributed by atoms with E-state index in [1.54, 1.807) is 6.92 Å². The summed E-state index contributed by atoms with van der Waals surface area (Å²) in [7, 11) is 0. The largest absolute Gasteiger partial charge is 0.395 e. The van der Waals surface area contributed by atoms with Crippen molar-refractivity contribution in [2.45, 2.75) is 51.1 Å². The van der Waals surface area contributed by atoms with Gasteiger partial charge in [0.15, 0.2) is 5.69 Å². The molecule has 30 heavy (non-hydrogen) atoms. The summed E-state index contributed by atoms with van der Waals surface area (Å²) in [5, 5.41) is 3.00. The molecule has 1 saturated carbocycles. The zero-order valence-electron chi connectivity index (χ0n) is 16.6. The van der Waals surface area contributed by atoms with Crippen LogP contribution in [0.3, 0.4) is 0 Å². The molecular formula is C20H24FN5O3S. The summed E-state index contributed by atoms with van der Waals surface area (Å²) in [5.74, 6) is -2.26. The number of nitrogen functional groups attached to an aromatic ring is 1. The van der Waals surface area contributed by atoms with E-state index in [1.165, 1.54) is 29.2 Å². The van der Waals surface area contributed by atoms with E-state index >= 15 is 0 Å². The fourth-order valence-electron chi connectivity index (χ4n) is 3.54. The van der Waals surface area contributed by atoms with Gasteiger partial charge in [0.05, 0.1) is 5.69 Å². The Labute approximate surface area is 177 Å². The Hall–Kier alpha value is -3.01. The number of halogens is 1. The molecule has 1 unspecified atom stereocenters. The van der Waals surface area contributed by atoms with E-state index in [0.29, 0.717) is 5.69 Å². The molecule has 0 bridgehead atoms. The maximum absolute atomic E-state index is 13.4. The number of carbonyl (C=O) groups is 3. The SMILES string of the molecule is CC(C(=O)NC1CCCCC1)N(C(=O)c1snc(C(N)=O)c1N)c1ccc(F)cc1. The fraction of sp³-hybridized carbons (Fsp3) is 0.400. The normalized spacial score (nSPS) is 15.4. The van der Waals surface area contributed by atoms with Gasteiger partial charge in [-0.2, -0.15) is 4.37 Å². The molecule has 8 nitrogen and oxygen atoms in total. The van der Waals surface area contributed by atoms with Crippen LogP contribution < -0.4 is 21.7 Å². The quantitative estimate of drug-likeness (QED) is 0.644. The first-order valence-electron chi connectivity index (χ1n) is 9.74. The van der Waals surface area contributed by atoms with E-state index in [4.69, 9.17) is 11.5 Å². The lowest BCUT2D eigenvalue weighted by atomic mass is 9.95. The van der Waals surface area contributed by atoms with Crippen LogP contribution >= 0.6 is 11.5 Å². The molecule has 0 spiro atoms. The highest BCUT2D eigenvalue weighted by Crippen LogP contribution is 2.28. The number of nitrogens with zero attached hydrogens (tertiary/aromatic N) is 2. The Morgan fingerprint density at radius 2 is 1.83 bits per heavy atom. The molecule has 1 fully saturated rings. The smallest absolute Gasteiger partial charge is 0.272 e. The lowest BCUT2D eigenvalue weighted by Gasteiger charge is -2.31. The highest BCUT2D eigenvalue weighted by Gasteiger charge is 2.33. The number of hydrogen-bond donors (Lipinski definition) is 3. The van der Waals surface area contributed by atoms with Crippen molar-refractivity contribution in [3.05, 3.63) is 40.7 Å². The third-order valence-electron chi connectivity index (χ3n) is 5.20. The summed E-state index contributed by atoms with van der Waals surface area (Å²) < 4.78 is 17.3. The zero-order chi connectivity index (χ0) is 21.8. The second-order valence-corrected chi connectivity index (χ2v) is 8.08. The second kappa shape index (κ2) is 9.21. The highest BCUT2D eigenvalue weighted by atomic mass is 32.1. The molecule has 160 valence electrons. The summed E-state index contributed by atoms with van der Waals surface area (Å²) in [4.78, 5) is 38.9. The van der Waals surface area contributed by atoms with Crippen LogP contribution in [0.2, 0.25) is 0 Å². The van der Waals surface area contributed by atoms with Crippen molar-refractivity contribution >= 4 is 40.6 Å². The molecule has 2 aromatic rings. The van der Waals surface area contributed by atoms with Gasteiger partial charge in [0.2, 0.25) is 5.91 Å². The van der Waals surface area contributed by atoms with Crippen molar-refractivity contribution < 1.29 is 18.8 Å². The Morgan fingerprint density at radius 3 is 2.40 bits per heavy atom. The molecule has 1 heterocycles.